The van der Waals surface area contributed by atoms with Crippen molar-refractivity contribution in [2.75, 3.05) is 40.3 Å². The fourth-order valence-electron chi connectivity index (χ4n) is 4.09. The van der Waals surface area contributed by atoms with Gasteiger partial charge in [0.2, 0.25) is 0 Å². The third kappa shape index (κ3) is 7.13. The predicted molar refractivity (Wildman–Crippen MR) is 139 cm³/mol. The Morgan fingerprint density at radius 3 is 2.70 bits per heavy atom. The van der Waals surface area contributed by atoms with E-state index in [9.17, 15) is 0 Å². The minimum atomic E-state index is 0. The van der Waals surface area contributed by atoms with Crippen molar-refractivity contribution in [1.82, 2.24) is 15.5 Å². The largest absolute Gasteiger partial charge is 0.497 e. The van der Waals surface area contributed by atoms with E-state index >= 15 is 0 Å². The molecule has 0 bridgehead atoms. The minimum absolute atomic E-state index is 0. The Morgan fingerprint density at radius 2 is 2.03 bits per heavy atom. The highest BCUT2D eigenvalue weighted by molar-refractivity contribution is 14.0. The van der Waals surface area contributed by atoms with Gasteiger partial charge >= 0.3 is 0 Å². The number of aliphatic imine (C=N–C) groups is 1. The van der Waals surface area contributed by atoms with Crippen LogP contribution in [0.3, 0.4) is 0 Å². The van der Waals surface area contributed by atoms with Gasteiger partial charge in [-0.3, -0.25) is 9.89 Å². The van der Waals surface area contributed by atoms with Gasteiger partial charge in [-0.25, -0.2) is 0 Å². The molecule has 0 spiro atoms. The van der Waals surface area contributed by atoms with Crippen molar-refractivity contribution in [3.05, 3.63) is 52.2 Å². The van der Waals surface area contributed by atoms with Crippen molar-refractivity contribution < 1.29 is 4.74 Å². The fraction of sp³-hybridized carbons (Fsp3) is 0.522. The molecule has 1 aromatic heterocycles. The maximum absolute atomic E-state index is 5.33. The molecule has 30 heavy (non-hydrogen) atoms. The minimum Gasteiger partial charge on any atom is -0.497 e. The third-order valence-corrected chi connectivity index (χ3v) is 6.47. The van der Waals surface area contributed by atoms with Crippen molar-refractivity contribution in [2.45, 2.75) is 32.2 Å². The van der Waals surface area contributed by atoms with Gasteiger partial charge in [0.1, 0.15) is 5.75 Å². The van der Waals surface area contributed by atoms with Gasteiger partial charge in [-0.15, -0.1) is 35.3 Å². The first-order chi connectivity index (χ1) is 14.2. The number of piperidine rings is 1. The number of likely N-dealkylation sites (tertiary alicyclic amines) is 1. The summed E-state index contributed by atoms with van der Waals surface area (Å²) in [5.41, 5.74) is 1.35. The summed E-state index contributed by atoms with van der Waals surface area (Å²) in [7, 11) is 3.95. The molecule has 0 saturated carbocycles. The zero-order valence-corrected chi connectivity index (χ0v) is 21.4. The number of methoxy groups -OCH3 is 1. The zero-order valence-electron chi connectivity index (χ0n) is 18.3. The molecule has 0 aliphatic carbocycles. The number of rotatable bonds is 8. The lowest BCUT2D eigenvalue weighted by Gasteiger charge is -2.39. The Bertz CT molecular complexity index is 751. The molecule has 3 rings (SSSR count). The molecule has 7 heteroatoms. The smallest absolute Gasteiger partial charge is 0.191 e. The second kappa shape index (κ2) is 13.2. The summed E-state index contributed by atoms with van der Waals surface area (Å²) in [4.78, 5) is 8.83. The van der Waals surface area contributed by atoms with Crippen molar-refractivity contribution in [1.29, 1.82) is 0 Å². The van der Waals surface area contributed by atoms with Gasteiger partial charge in [0.05, 0.1) is 7.11 Å². The second-order valence-electron chi connectivity index (χ2n) is 7.58. The average molecular weight is 543 g/mol. The normalized spacial score (nSPS) is 19.8. The van der Waals surface area contributed by atoms with Crippen LogP contribution < -0.4 is 15.4 Å². The van der Waals surface area contributed by atoms with Crippen LogP contribution in [0.5, 0.6) is 5.75 Å². The molecule has 166 valence electrons. The second-order valence-corrected chi connectivity index (χ2v) is 8.61. The third-order valence-electron chi connectivity index (χ3n) is 5.54. The lowest BCUT2D eigenvalue weighted by atomic mass is 9.85. The predicted octanol–water partition coefficient (Wildman–Crippen LogP) is 4.56. The Morgan fingerprint density at radius 1 is 1.23 bits per heavy atom. The van der Waals surface area contributed by atoms with Crippen LogP contribution in [0.25, 0.3) is 0 Å². The van der Waals surface area contributed by atoms with Gasteiger partial charge in [-0.05, 0) is 74.8 Å². The summed E-state index contributed by atoms with van der Waals surface area (Å²) in [5.74, 6) is 2.34. The molecule has 2 atom stereocenters. The van der Waals surface area contributed by atoms with E-state index in [-0.39, 0.29) is 24.0 Å². The van der Waals surface area contributed by atoms with E-state index in [1.54, 1.807) is 7.11 Å². The van der Waals surface area contributed by atoms with E-state index in [1.165, 1.54) is 23.3 Å². The van der Waals surface area contributed by atoms with Gasteiger partial charge in [0.15, 0.2) is 5.96 Å². The van der Waals surface area contributed by atoms with Crippen LogP contribution in [-0.2, 0) is 6.42 Å². The van der Waals surface area contributed by atoms with Crippen molar-refractivity contribution in [3.8, 4) is 5.75 Å². The molecule has 0 radical (unpaired) electrons. The number of benzene rings is 1. The summed E-state index contributed by atoms with van der Waals surface area (Å²) in [6, 6.07) is 13.2. The average Bonchev–Trinajstić information content (AvgIpc) is 3.26. The quantitative estimate of drug-likeness (QED) is 0.292. The first-order valence-electron chi connectivity index (χ1n) is 10.6. The van der Waals surface area contributed by atoms with E-state index in [1.807, 2.05) is 11.3 Å². The highest BCUT2D eigenvalue weighted by Gasteiger charge is 2.30. The standard InChI is InChI=1S/C23H34N4OS.HI/c1-4-24-23(25-14-13-21-8-6-16-29-21)26-17-19-7-5-15-27(2)22(19)18-9-11-20(28-3)12-10-18;/h6,8-12,16,19,22H,4-5,7,13-15,17H2,1-3H3,(H2,24,25,26);1H. The molecule has 1 aliphatic rings. The monoisotopic (exact) mass is 542 g/mol. The first-order valence-corrected chi connectivity index (χ1v) is 11.5. The number of thiophene rings is 1. The lowest BCUT2D eigenvalue weighted by Crippen LogP contribution is -2.40. The van der Waals surface area contributed by atoms with Gasteiger partial charge in [-0.2, -0.15) is 0 Å². The Balaban J connectivity index is 0.00000320. The Kier molecular flexibility index (Phi) is 11.0. The molecular weight excluding hydrogens is 507 g/mol. The van der Waals surface area contributed by atoms with Crippen LogP contribution in [0.4, 0.5) is 0 Å². The number of ether oxygens (including phenoxy) is 1. The molecule has 0 amide bonds. The fourth-order valence-corrected chi connectivity index (χ4v) is 4.80. The van der Waals surface area contributed by atoms with Crippen LogP contribution in [0.1, 0.15) is 36.2 Å². The number of halogens is 1. The SMILES string of the molecule is CCNC(=NCC1CCCN(C)C1c1ccc(OC)cc1)NCCc1cccs1.I. The van der Waals surface area contributed by atoms with Crippen LogP contribution in [-0.4, -0.2) is 51.2 Å². The van der Waals surface area contributed by atoms with E-state index < -0.39 is 0 Å². The molecule has 2 N–H and O–H groups in total. The molecule has 1 saturated heterocycles. The van der Waals surface area contributed by atoms with E-state index in [4.69, 9.17) is 9.73 Å². The van der Waals surface area contributed by atoms with Crippen molar-refractivity contribution in [3.63, 3.8) is 0 Å². The Hall–Kier alpha value is -1.32. The van der Waals surface area contributed by atoms with Crippen LogP contribution in [0.2, 0.25) is 0 Å². The van der Waals surface area contributed by atoms with Gasteiger partial charge < -0.3 is 15.4 Å². The topological polar surface area (TPSA) is 48.9 Å². The van der Waals surface area contributed by atoms with Crippen LogP contribution in [0.15, 0.2) is 46.8 Å². The van der Waals surface area contributed by atoms with E-state index in [2.05, 4.69) is 71.3 Å². The first kappa shape index (κ1) is 24.9. The van der Waals surface area contributed by atoms with Crippen molar-refractivity contribution in [2.24, 2.45) is 10.9 Å². The maximum atomic E-state index is 5.33. The number of hydrogen-bond acceptors (Lipinski definition) is 4. The van der Waals surface area contributed by atoms with Crippen LogP contribution >= 0.6 is 35.3 Å². The molecule has 5 nitrogen and oxygen atoms in total. The number of nitrogens with zero attached hydrogens (tertiary/aromatic N) is 2. The van der Waals surface area contributed by atoms with Gasteiger partial charge in [0, 0.05) is 30.6 Å². The molecule has 1 aromatic carbocycles. The maximum Gasteiger partial charge on any atom is 0.191 e. The summed E-state index contributed by atoms with van der Waals surface area (Å²) in [6.45, 7) is 5.85. The molecule has 1 aliphatic heterocycles. The molecular formula is C23H35IN4OS. The summed E-state index contributed by atoms with van der Waals surface area (Å²) in [6.07, 6.45) is 3.47. The Labute approximate surface area is 202 Å². The molecule has 1 fully saturated rings. The van der Waals surface area contributed by atoms with Crippen molar-refractivity contribution >= 4 is 41.3 Å². The highest BCUT2D eigenvalue weighted by atomic mass is 127. The molecule has 2 aromatic rings. The molecule has 2 heterocycles. The van der Waals surface area contributed by atoms with Crippen LogP contribution in [0, 0.1) is 5.92 Å². The number of hydrogen-bond donors (Lipinski definition) is 2. The number of guanidine groups is 1. The number of nitrogens with one attached hydrogen (secondary N) is 2. The highest BCUT2D eigenvalue weighted by Crippen LogP contribution is 2.35. The van der Waals surface area contributed by atoms with E-state index in [0.717, 1.165) is 44.3 Å². The summed E-state index contributed by atoms with van der Waals surface area (Å²) < 4.78 is 5.33. The van der Waals surface area contributed by atoms with E-state index in [0.29, 0.717) is 12.0 Å². The lowest BCUT2D eigenvalue weighted by molar-refractivity contribution is 0.125. The summed E-state index contributed by atoms with van der Waals surface area (Å²) >= 11 is 1.81. The zero-order chi connectivity index (χ0) is 20.5. The van der Waals surface area contributed by atoms with Gasteiger partial charge in [-0.1, -0.05) is 18.2 Å². The summed E-state index contributed by atoms with van der Waals surface area (Å²) in [5, 5.41) is 9.02. The molecule has 2 unspecified atom stereocenters. The van der Waals surface area contributed by atoms with Gasteiger partial charge in [0.25, 0.3) is 0 Å².